The molecule has 1 fully saturated rings. The molecule has 2 N–H and O–H groups in total. The van der Waals surface area contributed by atoms with Crippen molar-refractivity contribution in [2.24, 2.45) is 5.73 Å². The van der Waals surface area contributed by atoms with E-state index in [-0.39, 0.29) is 11.4 Å². The summed E-state index contributed by atoms with van der Waals surface area (Å²) in [5.41, 5.74) is 6.04. The topological polar surface area (TPSA) is 63.4 Å². The van der Waals surface area contributed by atoms with Gasteiger partial charge in [0.2, 0.25) is 10.0 Å². The van der Waals surface area contributed by atoms with Crippen molar-refractivity contribution in [2.45, 2.75) is 43.5 Å². The lowest BCUT2D eigenvalue weighted by Crippen LogP contribution is -2.34. The molecule has 0 saturated carbocycles. The summed E-state index contributed by atoms with van der Waals surface area (Å²) in [5, 5.41) is 0. The maximum atomic E-state index is 13.4. The second kappa shape index (κ2) is 6.65. The molecule has 1 heterocycles. The van der Waals surface area contributed by atoms with Gasteiger partial charge in [-0.3, -0.25) is 0 Å². The zero-order chi connectivity index (χ0) is 14.6. The molecule has 0 aliphatic carbocycles. The van der Waals surface area contributed by atoms with Crippen molar-refractivity contribution in [3.63, 3.8) is 0 Å². The van der Waals surface area contributed by atoms with Crippen LogP contribution in [-0.4, -0.2) is 25.8 Å². The summed E-state index contributed by atoms with van der Waals surface area (Å²) >= 11 is 0. The summed E-state index contributed by atoms with van der Waals surface area (Å²) in [6, 6.07) is 3.78. The number of hydrogen-bond donors (Lipinski definition) is 1. The lowest BCUT2D eigenvalue weighted by atomic mass is 10.1. The number of hydrogen-bond acceptors (Lipinski definition) is 3. The molecule has 4 nitrogen and oxygen atoms in total. The van der Waals surface area contributed by atoms with Gasteiger partial charge >= 0.3 is 0 Å². The van der Waals surface area contributed by atoms with Gasteiger partial charge < -0.3 is 5.73 Å². The highest BCUT2D eigenvalue weighted by atomic mass is 32.2. The Morgan fingerprint density at radius 3 is 2.30 bits per heavy atom. The quantitative estimate of drug-likeness (QED) is 0.931. The molecule has 0 atom stereocenters. The minimum Gasteiger partial charge on any atom is -0.326 e. The van der Waals surface area contributed by atoms with Crippen LogP contribution in [0.3, 0.4) is 0 Å². The molecule has 0 aromatic heterocycles. The Kier molecular flexibility index (Phi) is 5.12. The van der Waals surface area contributed by atoms with Gasteiger partial charge in [-0.15, -0.1) is 0 Å². The number of sulfonamides is 1. The molecule has 1 aliphatic rings. The van der Waals surface area contributed by atoms with Gasteiger partial charge in [-0.05, 0) is 30.5 Å². The van der Waals surface area contributed by atoms with Crippen LogP contribution in [0.1, 0.15) is 37.7 Å². The van der Waals surface area contributed by atoms with Crippen LogP contribution in [0.5, 0.6) is 0 Å². The van der Waals surface area contributed by atoms with Crippen LogP contribution in [0, 0.1) is 5.82 Å². The van der Waals surface area contributed by atoms with Crippen molar-refractivity contribution in [2.75, 3.05) is 13.1 Å². The van der Waals surface area contributed by atoms with Crippen molar-refractivity contribution < 1.29 is 12.8 Å². The summed E-state index contributed by atoms with van der Waals surface area (Å²) in [6.07, 6.45) is 4.94. The highest BCUT2D eigenvalue weighted by molar-refractivity contribution is 7.89. The van der Waals surface area contributed by atoms with Gasteiger partial charge in [0.05, 0.1) is 4.90 Å². The summed E-state index contributed by atoms with van der Waals surface area (Å²) in [4.78, 5) is 0.0144. The highest BCUT2D eigenvalue weighted by Gasteiger charge is 2.27. The van der Waals surface area contributed by atoms with Crippen LogP contribution in [-0.2, 0) is 16.6 Å². The van der Waals surface area contributed by atoms with Crippen LogP contribution in [0.4, 0.5) is 4.39 Å². The van der Waals surface area contributed by atoms with E-state index in [9.17, 15) is 12.8 Å². The van der Waals surface area contributed by atoms with Gasteiger partial charge in [-0.2, -0.15) is 4.31 Å². The van der Waals surface area contributed by atoms with E-state index in [4.69, 9.17) is 5.73 Å². The molecule has 1 saturated heterocycles. The Morgan fingerprint density at radius 1 is 1.10 bits per heavy atom. The lowest BCUT2D eigenvalue weighted by molar-refractivity contribution is 0.363. The number of benzene rings is 1. The fourth-order valence-corrected chi connectivity index (χ4v) is 4.30. The van der Waals surface area contributed by atoms with E-state index in [0.29, 0.717) is 18.7 Å². The van der Waals surface area contributed by atoms with E-state index in [2.05, 4.69) is 0 Å². The van der Waals surface area contributed by atoms with Crippen molar-refractivity contribution in [3.05, 3.63) is 29.6 Å². The minimum atomic E-state index is -3.65. The third-order valence-electron chi connectivity index (χ3n) is 3.68. The first kappa shape index (κ1) is 15.4. The van der Waals surface area contributed by atoms with Crippen molar-refractivity contribution in [1.29, 1.82) is 0 Å². The number of halogens is 1. The van der Waals surface area contributed by atoms with Gasteiger partial charge in [0.1, 0.15) is 5.82 Å². The Morgan fingerprint density at radius 2 is 1.70 bits per heavy atom. The van der Waals surface area contributed by atoms with Crippen LogP contribution >= 0.6 is 0 Å². The first-order valence-corrected chi connectivity index (χ1v) is 8.48. The van der Waals surface area contributed by atoms with Crippen LogP contribution in [0.15, 0.2) is 23.1 Å². The van der Waals surface area contributed by atoms with Crippen LogP contribution in [0.2, 0.25) is 0 Å². The largest absolute Gasteiger partial charge is 0.326 e. The fourth-order valence-electron chi connectivity index (χ4n) is 2.54. The molecule has 1 aromatic carbocycles. The summed E-state index contributed by atoms with van der Waals surface area (Å²) in [7, 11) is -3.65. The van der Waals surface area contributed by atoms with Crippen LogP contribution in [0.25, 0.3) is 0 Å². The molecule has 112 valence electrons. The van der Waals surface area contributed by atoms with Crippen LogP contribution < -0.4 is 5.73 Å². The SMILES string of the molecule is NCc1ccc(F)cc1S(=O)(=O)N1CCCCCCC1. The van der Waals surface area contributed by atoms with E-state index in [1.165, 1.54) is 16.4 Å². The van der Waals surface area contributed by atoms with Gasteiger partial charge in [0.25, 0.3) is 0 Å². The maximum absolute atomic E-state index is 13.4. The maximum Gasteiger partial charge on any atom is 0.243 e. The van der Waals surface area contributed by atoms with Crippen molar-refractivity contribution in [3.8, 4) is 0 Å². The van der Waals surface area contributed by atoms with Gasteiger partial charge in [0.15, 0.2) is 0 Å². The Hall–Kier alpha value is -0.980. The Labute approximate surface area is 119 Å². The third kappa shape index (κ3) is 3.37. The van der Waals surface area contributed by atoms with Gasteiger partial charge in [-0.1, -0.05) is 25.3 Å². The molecule has 20 heavy (non-hydrogen) atoms. The fraction of sp³-hybridized carbons (Fsp3) is 0.571. The molecule has 1 aromatic rings. The Balaban J connectivity index is 2.35. The van der Waals surface area contributed by atoms with E-state index in [0.717, 1.165) is 38.2 Å². The molecule has 6 heteroatoms. The highest BCUT2D eigenvalue weighted by Crippen LogP contribution is 2.23. The molecule has 2 rings (SSSR count). The average molecular weight is 300 g/mol. The molecule has 1 aliphatic heterocycles. The van der Waals surface area contributed by atoms with Crippen molar-refractivity contribution in [1.82, 2.24) is 4.31 Å². The molecular formula is C14H21FN2O2S. The minimum absolute atomic E-state index is 0.0144. The summed E-state index contributed by atoms with van der Waals surface area (Å²) < 4.78 is 40.3. The molecule has 0 radical (unpaired) electrons. The van der Waals surface area contributed by atoms with Crippen molar-refractivity contribution >= 4 is 10.0 Å². The zero-order valence-corrected chi connectivity index (χ0v) is 12.3. The molecule has 0 unspecified atom stereocenters. The van der Waals surface area contributed by atoms with Gasteiger partial charge in [0, 0.05) is 19.6 Å². The first-order valence-electron chi connectivity index (χ1n) is 7.04. The van der Waals surface area contributed by atoms with Gasteiger partial charge in [-0.25, -0.2) is 12.8 Å². The molecule has 0 bridgehead atoms. The summed E-state index contributed by atoms with van der Waals surface area (Å²) in [5.74, 6) is -0.548. The lowest BCUT2D eigenvalue weighted by Gasteiger charge is -2.25. The number of rotatable bonds is 3. The standard InChI is InChI=1S/C14H21FN2O2S/c15-13-7-6-12(11-16)14(10-13)20(18,19)17-8-4-2-1-3-5-9-17/h6-7,10H,1-5,8-9,11,16H2. The number of nitrogens with two attached hydrogens (primary N) is 1. The smallest absolute Gasteiger partial charge is 0.243 e. The van der Waals surface area contributed by atoms with E-state index in [1.54, 1.807) is 0 Å². The predicted octanol–water partition coefficient (Wildman–Crippen LogP) is 2.24. The zero-order valence-electron chi connectivity index (χ0n) is 11.5. The second-order valence-corrected chi connectivity index (χ2v) is 7.03. The number of nitrogens with zero attached hydrogens (tertiary/aromatic N) is 1. The van der Waals surface area contributed by atoms with E-state index >= 15 is 0 Å². The first-order chi connectivity index (χ1) is 9.55. The normalized spacial score (nSPS) is 18.5. The average Bonchev–Trinajstić information content (AvgIpc) is 2.37. The van der Waals surface area contributed by atoms with E-state index in [1.807, 2.05) is 0 Å². The Bertz CT molecular complexity index is 552. The molecule has 0 spiro atoms. The predicted molar refractivity (Wildman–Crippen MR) is 76.1 cm³/mol. The summed E-state index contributed by atoms with van der Waals surface area (Å²) in [6.45, 7) is 1.09. The second-order valence-electron chi connectivity index (χ2n) is 5.13. The molecule has 0 amide bonds. The third-order valence-corrected chi connectivity index (χ3v) is 5.66. The molecular weight excluding hydrogens is 279 g/mol. The monoisotopic (exact) mass is 300 g/mol. The van der Waals surface area contributed by atoms with E-state index < -0.39 is 15.8 Å².